The van der Waals surface area contributed by atoms with Crippen LogP contribution >= 0.6 is 0 Å². The van der Waals surface area contributed by atoms with Crippen LogP contribution in [0.4, 0.5) is 0 Å². The van der Waals surface area contributed by atoms with E-state index in [1.807, 2.05) is 97.1 Å². The number of nitrogens with zero attached hydrogens (tertiary/aromatic N) is 4. The Kier molecular flexibility index (Phi) is 5.19. The standard InChI is InChI=1S/C33H22N4O/c38-31-27-15-7-9-17-29(27)36(30-18-10-8-16-28(30)31)26-21-19-24(20-22-26)33-35-34-32(23-11-3-1-4-12-23)37(33)25-13-5-2-6-14-25/h1-22H. The molecule has 0 N–H and O–H groups in total. The van der Waals surface area contributed by atoms with Crippen molar-refractivity contribution in [1.29, 1.82) is 0 Å². The smallest absolute Gasteiger partial charge is 0.197 e. The van der Waals surface area contributed by atoms with Crippen LogP contribution in [0.1, 0.15) is 0 Å². The maximum Gasteiger partial charge on any atom is 0.197 e. The molecule has 0 aliphatic carbocycles. The van der Waals surface area contributed by atoms with Crippen LogP contribution in [0.25, 0.3) is 56.0 Å². The summed E-state index contributed by atoms with van der Waals surface area (Å²) in [6.45, 7) is 0. The average Bonchev–Trinajstić information content (AvgIpc) is 3.44. The largest absolute Gasteiger partial charge is 0.309 e. The molecule has 0 saturated heterocycles. The molecule has 0 amide bonds. The van der Waals surface area contributed by atoms with Crippen LogP contribution in [0, 0.1) is 0 Å². The monoisotopic (exact) mass is 490 g/mol. The van der Waals surface area contributed by atoms with E-state index in [1.165, 1.54) is 0 Å². The summed E-state index contributed by atoms with van der Waals surface area (Å²) in [5.41, 5.74) is 5.71. The molecule has 0 bridgehead atoms. The van der Waals surface area contributed by atoms with Crippen molar-refractivity contribution in [3.05, 3.63) is 144 Å². The van der Waals surface area contributed by atoms with Gasteiger partial charge in [0, 0.05) is 33.3 Å². The second-order valence-electron chi connectivity index (χ2n) is 9.13. The lowest BCUT2D eigenvalue weighted by molar-refractivity contribution is 1.07. The van der Waals surface area contributed by atoms with Gasteiger partial charge in [0.05, 0.1) is 11.0 Å². The first kappa shape index (κ1) is 21.9. The van der Waals surface area contributed by atoms with Crippen molar-refractivity contribution >= 4 is 21.8 Å². The number of benzene rings is 5. The lowest BCUT2D eigenvalue weighted by Gasteiger charge is -2.16. The number of pyridine rings is 1. The molecule has 0 spiro atoms. The Morgan fingerprint density at radius 1 is 0.421 bits per heavy atom. The van der Waals surface area contributed by atoms with Gasteiger partial charge in [0.2, 0.25) is 0 Å². The van der Waals surface area contributed by atoms with Gasteiger partial charge in [0.1, 0.15) is 0 Å². The molecule has 0 aliphatic rings. The molecule has 0 atom stereocenters. The van der Waals surface area contributed by atoms with Crippen molar-refractivity contribution in [2.45, 2.75) is 0 Å². The zero-order valence-corrected chi connectivity index (χ0v) is 20.4. The molecular formula is C33H22N4O. The van der Waals surface area contributed by atoms with E-state index in [1.54, 1.807) is 0 Å². The van der Waals surface area contributed by atoms with E-state index in [4.69, 9.17) is 0 Å². The summed E-state index contributed by atoms with van der Waals surface area (Å²) in [6.07, 6.45) is 0. The van der Waals surface area contributed by atoms with E-state index in [0.29, 0.717) is 10.8 Å². The van der Waals surface area contributed by atoms with Crippen molar-refractivity contribution in [3.8, 4) is 34.2 Å². The number of aromatic nitrogens is 4. The lowest BCUT2D eigenvalue weighted by Crippen LogP contribution is -2.10. The van der Waals surface area contributed by atoms with E-state index in [0.717, 1.165) is 45.2 Å². The maximum atomic E-state index is 13.2. The highest BCUT2D eigenvalue weighted by Gasteiger charge is 2.18. The summed E-state index contributed by atoms with van der Waals surface area (Å²) >= 11 is 0. The fourth-order valence-corrected chi connectivity index (χ4v) is 5.10. The maximum absolute atomic E-state index is 13.2. The Balaban J connectivity index is 1.41. The highest BCUT2D eigenvalue weighted by molar-refractivity contribution is 5.95. The zero-order valence-electron chi connectivity index (χ0n) is 20.4. The fourth-order valence-electron chi connectivity index (χ4n) is 5.10. The van der Waals surface area contributed by atoms with Gasteiger partial charge >= 0.3 is 0 Å². The molecule has 2 heterocycles. The van der Waals surface area contributed by atoms with Crippen molar-refractivity contribution in [3.63, 3.8) is 0 Å². The number of hydrogen-bond donors (Lipinski definition) is 0. The van der Waals surface area contributed by atoms with E-state index in [2.05, 4.69) is 55.7 Å². The molecule has 0 aliphatic heterocycles. The van der Waals surface area contributed by atoms with Gasteiger partial charge in [-0.2, -0.15) is 0 Å². The van der Waals surface area contributed by atoms with Crippen LogP contribution in [0.3, 0.4) is 0 Å². The number of para-hydroxylation sites is 3. The number of hydrogen-bond acceptors (Lipinski definition) is 3. The highest BCUT2D eigenvalue weighted by Crippen LogP contribution is 2.30. The van der Waals surface area contributed by atoms with Crippen LogP contribution in [0.5, 0.6) is 0 Å². The molecule has 5 aromatic carbocycles. The van der Waals surface area contributed by atoms with E-state index in [-0.39, 0.29) is 5.43 Å². The van der Waals surface area contributed by atoms with E-state index < -0.39 is 0 Å². The first-order valence-corrected chi connectivity index (χ1v) is 12.5. The van der Waals surface area contributed by atoms with Gasteiger partial charge in [-0.25, -0.2) is 0 Å². The summed E-state index contributed by atoms with van der Waals surface area (Å²) in [4.78, 5) is 13.2. The third-order valence-corrected chi connectivity index (χ3v) is 6.87. The summed E-state index contributed by atoms with van der Waals surface area (Å²) < 4.78 is 4.24. The topological polar surface area (TPSA) is 52.7 Å². The van der Waals surface area contributed by atoms with Gasteiger partial charge in [-0.05, 0) is 60.7 Å². The Labute approximate surface area is 218 Å². The molecule has 5 heteroatoms. The van der Waals surface area contributed by atoms with E-state index in [9.17, 15) is 4.79 Å². The molecule has 0 radical (unpaired) electrons. The first-order valence-electron chi connectivity index (χ1n) is 12.5. The fraction of sp³-hybridized carbons (Fsp3) is 0. The third-order valence-electron chi connectivity index (χ3n) is 6.87. The quantitative estimate of drug-likeness (QED) is 0.248. The molecular weight excluding hydrogens is 468 g/mol. The van der Waals surface area contributed by atoms with Gasteiger partial charge in [-0.3, -0.25) is 9.36 Å². The van der Waals surface area contributed by atoms with Gasteiger partial charge in [0.15, 0.2) is 17.1 Å². The molecule has 7 rings (SSSR count). The summed E-state index contributed by atoms with van der Waals surface area (Å²) in [5, 5.41) is 10.6. The van der Waals surface area contributed by atoms with Gasteiger partial charge < -0.3 is 4.57 Å². The minimum atomic E-state index is 0.0495. The van der Waals surface area contributed by atoms with Gasteiger partial charge in [0.25, 0.3) is 0 Å². The summed E-state index contributed by atoms with van der Waals surface area (Å²) in [7, 11) is 0. The van der Waals surface area contributed by atoms with E-state index >= 15 is 0 Å². The zero-order chi connectivity index (χ0) is 25.5. The third kappa shape index (κ3) is 3.52. The Hall–Kier alpha value is -5.29. The van der Waals surface area contributed by atoms with Crippen molar-refractivity contribution in [2.75, 3.05) is 0 Å². The van der Waals surface area contributed by atoms with Crippen LogP contribution in [-0.2, 0) is 0 Å². The predicted octanol–water partition coefficient (Wildman–Crippen LogP) is 7.06. The second-order valence-corrected chi connectivity index (χ2v) is 9.13. The highest BCUT2D eigenvalue weighted by atomic mass is 16.1. The predicted molar refractivity (Wildman–Crippen MR) is 153 cm³/mol. The summed E-state index contributed by atoms with van der Waals surface area (Å²) in [6, 6.07) is 44.1. The summed E-state index contributed by atoms with van der Waals surface area (Å²) in [5.74, 6) is 1.55. The van der Waals surface area contributed by atoms with Crippen molar-refractivity contribution < 1.29 is 0 Å². The van der Waals surface area contributed by atoms with Gasteiger partial charge in [-0.1, -0.05) is 72.8 Å². The molecule has 0 unspecified atom stereocenters. The minimum Gasteiger partial charge on any atom is -0.309 e. The van der Waals surface area contributed by atoms with Crippen LogP contribution in [0.2, 0.25) is 0 Å². The molecule has 0 fully saturated rings. The Bertz CT molecular complexity index is 1910. The normalized spacial score (nSPS) is 11.3. The average molecular weight is 491 g/mol. The minimum absolute atomic E-state index is 0.0495. The molecule has 0 saturated carbocycles. The Morgan fingerprint density at radius 2 is 0.868 bits per heavy atom. The van der Waals surface area contributed by atoms with Crippen LogP contribution in [0.15, 0.2) is 138 Å². The first-order chi connectivity index (χ1) is 18.8. The van der Waals surface area contributed by atoms with Crippen LogP contribution < -0.4 is 5.43 Å². The van der Waals surface area contributed by atoms with Crippen molar-refractivity contribution in [1.82, 2.24) is 19.3 Å². The molecule has 38 heavy (non-hydrogen) atoms. The molecule has 7 aromatic rings. The van der Waals surface area contributed by atoms with Crippen LogP contribution in [-0.4, -0.2) is 19.3 Å². The van der Waals surface area contributed by atoms with Gasteiger partial charge in [-0.15, -0.1) is 10.2 Å². The number of fused-ring (bicyclic) bond motifs is 2. The molecule has 5 nitrogen and oxygen atoms in total. The van der Waals surface area contributed by atoms with Crippen molar-refractivity contribution in [2.24, 2.45) is 0 Å². The molecule has 2 aromatic heterocycles. The number of rotatable bonds is 4. The second kappa shape index (κ2) is 8.98. The molecule has 180 valence electrons. The SMILES string of the molecule is O=c1c2ccccc2n(-c2ccc(-c3nnc(-c4ccccc4)n3-c3ccccc3)cc2)c2ccccc12. The lowest BCUT2D eigenvalue weighted by atomic mass is 10.1. The Morgan fingerprint density at radius 3 is 1.45 bits per heavy atom.